The van der Waals surface area contributed by atoms with Gasteiger partial charge in [-0.1, -0.05) is 18.2 Å². The molecule has 1 aromatic rings. The van der Waals surface area contributed by atoms with Crippen LogP contribution in [0.1, 0.15) is 24.8 Å². The summed E-state index contributed by atoms with van der Waals surface area (Å²) in [4.78, 5) is 14.4. The lowest BCUT2D eigenvalue weighted by molar-refractivity contribution is -0.121. The van der Waals surface area contributed by atoms with Crippen LogP contribution in [0.3, 0.4) is 0 Å². The summed E-state index contributed by atoms with van der Waals surface area (Å²) in [6.45, 7) is 5.01. The molecule has 1 aromatic carbocycles. The van der Waals surface area contributed by atoms with E-state index in [1.807, 2.05) is 6.07 Å². The second kappa shape index (κ2) is 10.8. The van der Waals surface area contributed by atoms with Gasteiger partial charge in [0.15, 0.2) is 0 Å². The number of benzene rings is 1. The van der Waals surface area contributed by atoms with Crippen LogP contribution in [0.2, 0.25) is 0 Å². The van der Waals surface area contributed by atoms with Crippen molar-refractivity contribution in [3.8, 4) is 0 Å². The molecular weight excluding hydrogens is 349 g/mol. The highest BCUT2D eigenvalue weighted by atomic mass is 35.5. The second-order valence-electron chi connectivity index (χ2n) is 6.00. The Kier molecular flexibility index (Phi) is 9.44. The number of morpholine rings is 1. The molecule has 0 aliphatic carbocycles. The number of halogens is 2. The average Bonchev–Trinajstić information content (AvgIpc) is 3.07. The fourth-order valence-electron chi connectivity index (χ4n) is 3.19. The first-order chi connectivity index (χ1) is 10.8. The van der Waals surface area contributed by atoms with Gasteiger partial charge in [0.1, 0.15) is 0 Å². The topological polar surface area (TPSA) is 53.6 Å². The molecule has 5 nitrogen and oxygen atoms in total. The van der Waals surface area contributed by atoms with Crippen molar-refractivity contribution in [2.24, 2.45) is 0 Å². The van der Waals surface area contributed by atoms with E-state index in [0.717, 1.165) is 39.3 Å². The van der Waals surface area contributed by atoms with Crippen LogP contribution in [0.4, 0.5) is 5.69 Å². The van der Waals surface area contributed by atoms with Crippen LogP contribution in [0.15, 0.2) is 24.3 Å². The third-order valence-corrected chi connectivity index (χ3v) is 4.41. The molecule has 0 radical (unpaired) electrons. The zero-order valence-corrected chi connectivity index (χ0v) is 15.5. The first kappa shape index (κ1) is 21.0. The van der Waals surface area contributed by atoms with Gasteiger partial charge in [-0.15, -0.1) is 24.8 Å². The van der Waals surface area contributed by atoms with Crippen LogP contribution in [-0.2, 0) is 16.1 Å². The average molecular weight is 376 g/mol. The lowest BCUT2D eigenvalue weighted by Gasteiger charge is -2.30. The monoisotopic (exact) mass is 375 g/mol. The van der Waals surface area contributed by atoms with Crippen molar-refractivity contribution in [3.05, 3.63) is 29.8 Å². The van der Waals surface area contributed by atoms with E-state index in [-0.39, 0.29) is 30.7 Å². The number of carbonyl (C=O) groups excluding carboxylic acids is 1. The summed E-state index contributed by atoms with van der Waals surface area (Å²) in [6, 6.07) is 8.67. The van der Waals surface area contributed by atoms with Crippen LogP contribution in [0, 0.1) is 0 Å². The van der Waals surface area contributed by atoms with Crippen molar-refractivity contribution in [1.29, 1.82) is 0 Å². The molecule has 24 heavy (non-hydrogen) atoms. The van der Waals surface area contributed by atoms with Gasteiger partial charge in [0.25, 0.3) is 0 Å². The van der Waals surface area contributed by atoms with Gasteiger partial charge in [0, 0.05) is 37.8 Å². The summed E-state index contributed by atoms with van der Waals surface area (Å²) >= 11 is 0. The number of ether oxygens (including phenoxy) is 1. The van der Waals surface area contributed by atoms with Crippen molar-refractivity contribution in [2.45, 2.75) is 31.8 Å². The Balaban J connectivity index is 0.00000144. The summed E-state index contributed by atoms with van der Waals surface area (Å²) in [5.74, 6) is 0.135. The molecule has 2 fully saturated rings. The highest BCUT2D eigenvalue weighted by Crippen LogP contribution is 2.21. The summed E-state index contributed by atoms with van der Waals surface area (Å²) in [7, 11) is 0. The fraction of sp³-hybridized carbons (Fsp3) is 0.588. The molecule has 2 aliphatic rings. The van der Waals surface area contributed by atoms with Crippen LogP contribution in [0.25, 0.3) is 0 Å². The van der Waals surface area contributed by atoms with Gasteiger partial charge in [0.2, 0.25) is 5.91 Å². The van der Waals surface area contributed by atoms with Crippen LogP contribution in [-0.4, -0.2) is 44.8 Å². The fourth-order valence-corrected chi connectivity index (χ4v) is 3.19. The first-order valence-electron chi connectivity index (χ1n) is 8.23. The van der Waals surface area contributed by atoms with Gasteiger partial charge in [-0.25, -0.2) is 0 Å². The van der Waals surface area contributed by atoms with E-state index in [4.69, 9.17) is 4.74 Å². The van der Waals surface area contributed by atoms with Crippen LogP contribution in [0.5, 0.6) is 0 Å². The Morgan fingerprint density at radius 3 is 2.71 bits per heavy atom. The predicted octanol–water partition coefficient (Wildman–Crippen LogP) is 2.13. The van der Waals surface area contributed by atoms with Gasteiger partial charge in [0.05, 0.1) is 13.2 Å². The lowest BCUT2D eigenvalue weighted by Crippen LogP contribution is -2.37. The smallest absolute Gasteiger partial charge is 0.221 e. The van der Waals surface area contributed by atoms with E-state index in [1.54, 1.807) is 0 Å². The van der Waals surface area contributed by atoms with Crippen LogP contribution >= 0.6 is 24.8 Å². The van der Waals surface area contributed by atoms with Gasteiger partial charge in [-0.05, 0) is 31.0 Å². The molecule has 0 saturated carbocycles. The van der Waals surface area contributed by atoms with Crippen molar-refractivity contribution in [3.63, 3.8) is 0 Å². The number of nitrogens with one attached hydrogen (secondary N) is 2. The number of rotatable bonds is 5. The van der Waals surface area contributed by atoms with Gasteiger partial charge >= 0.3 is 0 Å². The third kappa shape index (κ3) is 5.81. The Morgan fingerprint density at radius 2 is 2.00 bits per heavy atom. The van der Waals surface area contributed by atoms with Gasteiger partial charge in [-0.3, -0.25) is 4.79 Å². The van der Waals surface area contributed by atoms with E-state index in [1.165, 1.54) is 17.7 Å². The zero-order valence-electron chi connectivity index (χ0n) is 13.8. The molecule has 0 spiro atoms. The molecule has 3 rings (SSSR count). The number of anilines is 1. The summed E-state index contributed by atoms with van der Waals surface area (Å²) < 4.78 is 5.42. The van der Waals surface area contributed by atoms with Crippen molar-refractivity contribution < 1.29 is 9.53 Å². The molecule has 2 N–H and O–H groups in total. The predicted molar refractivity (Wildman–Crippen MR) is 101 cm³/mol. The largest absolute Gasteiger partial charge is 0.378 e. The van der Waals surface area contributed by atoms with E-state index in [0.29, 0.717) is 19.0 Å². The van der Waals surface area contributed by atoms with E-state index in [2.05, 4.69) is 33.7 Å². The number of nitrogens with zero attached hydrogens (tertiary/aromatic N) is 1. The molecule has 1 atom stereocenters. The number of hydrogen-bond donors (Lipinski definition) is 2. The van der Waals surface area contributed by atoms with E-state index >= 15 is 0 Å². The molecule has 0 aromatic heterocycles. The molecule has 136 valence electrons. The number of carbonyl (C=O) groups is 1. The molecule has 2 aliphatic heterocycles. The van der Waals surface area contributed by atoms with Crippen molar-refractivity contribution in [2.75, 3.05) is 37.7 Å². The molecular formula is C17H27Cl2N3O2. The number of hydrogen-bond acceptors (Lipinski definition) is 4. The maximum Gasteiger partial charge on any atom is 0.221 e. The highest BCUT2D eigenvalue weighted by molar-refractivity contribution is 5.85. The first-order valence-corrected chi connectivity index (χ1v) is 8.23. The minimum atomic E-state index is 0. The summed E-state index contributed by atoms with van der Waals surface area (Å²) in [5.41, 5.74) is 2.39. The quantitative estimate of drug-likeness (QED) is 0.827. The standard InChI is InChI=1S/C17H25N3O2.2ClH/c21-17(12-15-5-3-7-18-15)19-13-14-4-1-2-6-16(14)20-8-10-22-11-9-20;;/h1-2,4,6,15,18H,3,5,7-13H2,(H,19,21);2*1H. The number of amides is 1. The molecule has 7 heteroatoms. The molecule has 2 saturated heterocycles. The SMILES string of the molecule is Cl.Cl.O=C(CC1CCCN1)NCc1ccccc1N1CCOCC1. The summed E-state index contributed by atoms with van der Waals surface area (Å²) in [5, 5.41) is 6.43. The van der Waals surface area contributed by atoms with Gasteiger partial charge in [-0.2, -0.15) is 0 Å². The van der Waals surface area contributed by atoms with E-state index in [9.17, 15) is 4.79 Å². The van der Waals surface area contributed by atoms with Gasteiger partial charge < -0.3 is 20.3 Å². The second-order valence-corrected chi connectivity index (χ2v) is 6.00. The minimum Gasteiger partial charge on any atom is -0.378 e. The Morgan fingerprint density at radius 1 is 1.25 bits per heavy atom. The van der Waals surface area contributed by atoms with Crippen molar-refractivity contribution in [1.82, 2.24) is 10.6 Å². The summed E-state index contributed by atoms with van der Waals surface area (Å²) in [6.07, 6.45) is 2.87. The Hall–Kier alpha value is -1.01. The zero-order chi connectivity index (χ0) is 15.2. The van der Waals surface area contributed by atoms with Crippen LogP contribution < -0.4 is 15.5 Å². The van der Waals surface area contributed by atoms with Crippen molar-refractivity contribution >= 4 is 36.4 Å². The van der Waals surface area contributed by atoms with E-state index < -0.39 is 0 Å². The molecule has 1 amide bonds. The third-order valence-electron chi connectivity index (χ3n) is 4.41. The highest BCUT2D eigenvalue weighted by Gasteiger charge is 2.18. The maximum atomic E-state index is 12.1. The molecule has 1 unspecified atom stereocenters. The normalized spacial score (nSPS) is 20.0. The number of para-hydroxylation sites is 1. The minimum absolute atomic E-state index is 0. The maximum absolute atomic E-state index is 12.1. The molecule has 0 bridgehead atoms. The Labute approximate surface area is 156 Å². The molecule has 2 heterocycles. The Bertz CT molecular complexity index is 504. The lowest BCUT2D eigenvalue weighted by atomic mass is 10.1.